The molecule has 0 unspecified atom stereocenters. The molecule has 0 radical (unpaired) electrons. The summed E-state index contributed by atoms with van der Waals surface area (Å²) in [5.74, 6) is 0.0697. The summed E-state index contributed by atoms with van der Waals surface area (Å²) in [5.41, 5.74) is 1.50. The molecule has 7 nitrogen and oxygen atoms in total. The predicted octanol–water partition coefficient (Wildman–Crippen LogP) is 3.35. The third kappa shape index (κ3) is 7.12. The molecule has 0 fully saturated rings. The first-order valence-corrected chi connectivity index (χ1v) is 9.97. The van der Waals surface area contributed by atoms with E-state index in [1.54, 1.807) is 56.7 Å². The van der Waals surface area contributed by atoms with E-state index >= 15 is 0 Å². The smallest absolute Gasteiger partial charge is 0.257 e. The van der Waals surface area contributed by atoms with Crippen LogP contribution in [-0.4, -0.2) is 44.3 Å². The summed E-state index contributed by atoms with van der Waals surface area (Å²) in [5, 5.41) is 8.47. The first kappa shape index (κ1) is 22.8. The van der Waals surface area contributed by atoms with E-state index < -0.39 is 0 Å². The van der Waals surface area contributed by atoms with Gasteiger partial charge in [0.25, 0.3) is 11.8 Å². The molecule has 0 aromatic heterocycles. The standard InChI is InChI=1S/C20H22BrN3O4S/c1-27-10-4-9-22-18(25)13-5-3-6-15(11-13)23-20(29)24-19(26)14-7-8-17(28-2)16(21)12-14/h3,5-8,11-12H,4,9-10H2,1-2H3,(H,22,25)(H2,23,24,26,29). The van der Waals surface area contributed by atoms with Crippen LogP contribution >= 0.6 is 28.1 Å². The second-order valence-electron chi connectivity index (χ2n) is 5.94. The first-order chi connectivity index (χ1) is 13.9. The number of thiocarbonyl (C=S) groups is 1. The Morgan fingerprint density at radius 1 is 1.07 bits per heavy atom. The van der Waals surface area contributed by atoms with Crippen LogP contribution < -0.4 is 20.7 Å². The van der Waals surface area contributed by atoms with E-state index in [-0.39, 0.29) is 16.9 Å². The zero-order chi connectivity index (χ0) is 21.2. The molecule has 0 saturated heterocycles. The maximum absolute atomic E-state index is 12.4. The van der Waals surface area contributed by atoms with E-state index in [9.17, 15) is 9.59 Å². The summed E-state index contributed by atoms with van der Waals surface area (Å²) in [6, 6.07) is 11.8. The van der Waals surface area contributed by atoms with E-state index in [1.165, 1.54) is 0 Å². The summed E-state index contributed by atoms with van der Waals surface area (Å²) >= 11 is 8.55. The quantitative estimate of drug-likeness (QED) is 0.397. The minimum atomic E-state index is -0.363. The summed E-state index contributed by atoms with van der Waals surface area (Å²) in [7, 11) is 3.17. The number of rotatable bonds is 8. The van der Waals surface area contributed by atoms with Crippen LogP contribution in [0.25, 0.3) is 0 Å². The van der Waals surface area contributed by atoms with E-state index in [1.807, 2.05) is 0 Å². The zero-order valence-corrected chi connectivity index (χ0v) is 18.5. The number of amides is 2. The van der Waals surface area contributed by atoms with Gasteiger partial charge in [0, 0.05) is 37.1 Å². The predicted molar refractivity (Wildman–Crippen MR) is 120 cm³/mol. The molecular formula is C20H22BrN3O4S. The van der Waals surface area contributed by atoms with Crippen molar-refractivity contribution in [1.29, 1.82) is 0 Å². The highest BCUT2D eigenvalue weighted by atomic mass is 79.9. The average molecular weight is 480 g/mol. The highest BCUT2D eigenvalue weighted by Crippen LogP contribution is 2.25. The number of hydrogen-bond acceptors (Lipinski definition) is 5. The van der Waals surface area contributed by atoms with Gasteiger partial charge in [-0.2, -0.15) is 0 Å². The molecule has 2 aromatic rings. The Morgan fingerprint density at radius 3 is 2.52 bits per heavy atom. The summed E-state index contributed by atoms with van der Waals surface area (Å²) in [4.78, 5) is 24.6. The van der Waals surface area contributed by atoms with Crippen molar-refractivity contribution in [2.75, 3.05) is 32.7 Å². The van der Waals surface area contributed by atoms with Crippen LogP contribution in [0.15, 0.2) is 46.9 Å². The number of halogens is 1. The van der Waals surface area contributed by atoms with Gasteiger partial charge >= 0.3 is 0 Å². The van der Waals surface area contributed by atoms with Crippen LogP contribution in [0.1, 0.15) is 27.1 Å². The molecule has 0 heterocycles. The third-order valence-corrected chi connectivity index (χ3v) is 4.66. The number of carbonyl (C=O) groups excluding carboxylic acids is 2. The summed E-state index contributed by atoms with van der Waals surface area (Å²) in [6.45, 7) is 1.11. The molecule has 2 aromatic carbocycles. The molecule has 3 N–H and O–H groups in total. The lowest BCUT2D eigenvalue weighted by Gasteiger charge is -2.12. The van der Waals surface area contributed by atoms with Gasteiger partial charge in [-0.3, -0.25) is 14.9 Å². The van der Waals surface area contributed by atoms with Crippen LogP contribution in [-0.2, 0) is 4.74 Å². The molecule has 0 spiro atoms. The van der Waals surface area contributed by atoms with Crippen LogP contribution in [0.4, 0.5) is 5.69 Å². The Balaban J connectivity index is 1.94. The zero-order valence-electron chi connectivity index (χ0n) is 16.1. The average Bonchev–Trinajstić information content (AvgIpc) is 2.71. The van der Waals surface area contributed by atoms with E-state index in [0.29, 0.717) is 40.2 Å². The molecule has 2 amide bonds. The Hall–Kier alpha value is -2.49. The van der Waals surface area contributed by atoms with Gasteiger partial charge in [-0.1, -0.05) is 6.07 Å². The number of methoxy groups -OCH3 is 2. The molecule has 0 aliphatic carbocycles. The summed E-state index contributed by atoms with van der Waals surface area (Å²) in [6.07, 6.45) is 0.734. The summed E-state index contributed by atoms with van der Waals surface area (Å²) < 4.78 is 10.8. The Kier molecular flexibility index (Phi) is 9.04. The van der Waals surface area contributed by atoms with Gasteiger partial charge in [0.1, 0.15) is 5.75 Å². The number of ether oxygens (including phenoxy) is 2. The molecule has 154 valence electrons. The maximum atomic E-state index is 12.4. The normalized spacial score (nSPS) is 10.2. The Labute approximate surface area is 183 Å². The van der Waals surface area contributed by atoms with Crippen molar-refractivity contribution in [3.63, 3.8) is 0 Å². The fraction of sp³-hybridized carbons (Fsp3) is 0.250. The van der Waals surface area contributed by atoms with Gasteiger partial charge in [0.15, 0.2) is 5.11 Å². The van der Waals surface area contributed by atoms with Gasteiger partial charge in [-0.25, -0.2) is 0 Å². The number of carbonyl (C=O) groups is 2. The van der Waals surface area contributed by atoms with Gasteiger partial charge in [0.05, 0.1) is 11.6 Å². The van der Waals surface area contributed by atoms with Gasteiger partial charge < -0.3 is 20.1 Å². The lowest BCUT2D eigenvalue weighted by Crippen LogP contribution is -2.34. The van der Waals surface area contributed by atoms with Gasteiger partial charge in [-0.05, 0) is 71.0 Å². The molecule has 0 atom stereocenters. The van der Waals surface area contributed by atoms with E-state index in [0.717, 1.165) is 6.42 Å². The molecule has 9 heteroatoms. The highest BCUT2D eigenvalue weighted by Gasteiger charge is 2.11. The number of anilines is 1. The van der Waals surface area contributed by atoms with Crippen molar-refractivity contribution in [3.05, 3.63) is 58.1 Å². The van der Waals surface area contributed by atoms with Crippen LogP contribution in [0, 0.1) is 0 Å². The number of hydrogen-bond donors (Lipinski definition) is 3. The lowest BCUT2D eigenvalue weighted by molar-refractivity contribution is 0.0946. The minimum Gasteiger partial charge on any atom is -0.496 e. The monoisotopic (exact) mass is 479 g/mol. The first-order valence-electron chi connectivity index (χ1n) is 8.77. The number of benzene rings is 2. The molecule has 29 heavy (non-hydrogen) atoms. The SMILES string of the molecule is COCCCNC(=O)c1cccc(NC(=S)NC(=O)c2ccc(OC)c(Br)c2)c1. The molecular weight excluding hydrogens is 458 g/mol. The topological polar surface area (TPSA) is 88.7 Å². The lowest BCUT2D eigenvalue weighted by atomic mass is 10.2. The van der Waals surface area contributed by atoms with Crippen molar-refractivity contribution in [3.8, 4) is 5.75 Å². The van der Waals surface area contributed by atoms with E-state index in [4.69, 9.17) is 21.7 Å². The highest BCUT2D eigenvalue weighted by molar-refractivity contribution is 9.10. The fourth-order valence-electron chi connectivity index (χ4n) is 2.40. The van der Waals surface area contributed by atoms with Crippen molar-refractivity contribution in [1.82, 2.24) is 10.6 Å². The van der Waals surface area contributed by atoms with Crippen LogP contribution in [0.5, 0.6) is 5.75 Å². The second kappa shape index (κ2) is 11.5. The minimum absolute atomic E-state index is 0.125. The molecule has 0 saturated carbocycles. The van der Waals surface area contributed by atoms with Gasteiger partial charge in [-0.15, -0.1) is 0 Å². The third-order valence-electron chi connectivity index (χ3n) is 3.83. The Morgan fingerprint density at radius 2 is 1.83 bits per heavy atom. The fourth-order valence-corrected chi connectivity index (χ4v) is 3.16. The van der Waals surface area contributed by atoms with E-state index in [2.05, 4.69) is 31.9 Å². The van der Waals surface area contributed by atoms with Crippen molar-refractivity contribution in [2.45, 2.75) is 6.42 Å². The Bertz CT molecular complexity index is 892. The van der Waals surface area contributed by atoms with Crippen LogP contribution in [0.3, 0.4) is 0 Å². The molecule has 0 bridgehead atoms. The number of nitrogens with one attached hydrogen (secondary N) is 3. The van der Waals surface area contributed by atoms with Gasteiger partial charge in [0.2, 0.25) is 0 Å². The molecule has 0 aliphatic heterocycles. The maximum Gasteiger partial charge on any atom is 0.257 e. The molecule has 0 aliphatic rings. The van der Waals surface area contributed by atoms with Crippen LogP contribution in [0.2, 0.25) is 0 Å². The largest absolute Gasteiger partial charge is 0.496 e. The van der Waals surface area contributed by atoms with Crippen molar-refractivity contribution < 1.29 is 19.1 Å². The molecule has 2 rings (SSSR count). The van der Waals surface area contributed by atoms with Crippen molar-refractivity contribution in [2.24, 2.45) is 0 Å². The van der Waals surface area contributed by atoms with Crippen molar-refractivity contribution >= 4 is 50.8 Å². The second-order valence-corrected chi connectivity index (χ2v) is 7.20.